The number of allylic oxidation sites excluding steroid dienone is 2. The molecule has 0 saturated heterocycles. The van der Waals surface area contributed by atoms with Crippen molar-refractivity contribution in [3.63, 3.8) is 0 Å². The largest absolute Gasteiger partial charge is 0.396 e. The van der Waals surface area contributed by atoms with Crippen molar-refractivity contribution in [2.75, 3.05) is 0 Å². The lowest BCUT2D eigenvalue weighted by molar-refractivity contribution is 0.346. The Hall–Kier alpha value is -2.97. The van der Waals surface area contributed by atoms with E-state index in [1.54, 1.807) is 18.2 Å². The summed E-state index contributed by atoms with van der Waals surface area (Å²) >= 11 is 0. The van der Waals surface area contributed by atoms with Crippen molar-refractivity contribution >= 4 is 6.08 Å². The minimum absolute atomic E-state index is 0.0648. The number of nitriles is 3. The molecule has 24 heavy (non-hydrogen) atoms. The molecule has 0 amide bonds. The van der Waals surface area contributed by atoms with Crippen molar-refractivity contribution in [1.29, 1.82) is 15.8 Å². The molecule has 1 fully saturated rings. The van der Waals surface area contributed by atoms with Gasteiger partial charge in [0.2, 0.25) is 0 Å². The third kappa shape index (κ3) is 3.34. The molecule has 0 aromatic carbocycles. The Kier molecular flexibility index (Phi) is 5.46. The van der Waals surface area contributed by atoms with E-state index >= 15 is 0 Å². The number of nitrogens with zero attached hydrogens (tertiary/aromatic N) is 4. The van der Waals surface area contributed by atoms with E-state index < -0.39 is 0 Å². The van der Waals surface area contributed by atoms with Gasteiger partial charge in [-0.3, -0.25) is 0 Å². The van der Waals surface area contributed by atoms with Gasteiger partial charge >= 0.3 is 0 Å². The molecular formula is C19H21N5. The summed E-state index contributed by atoms with van der Waals surface area (Å²) in [6, 6.07) is 8.01. The molecule has 1 aliphatic rings. The SMILES string of the molecule is Cc1cc(/C=C(/C#N)C(N)=C(C#N)C#N)c(C)n1C1CCCCC1. The first-order valence-electron chi connectivity index (χ1n) is 8.14. The molecule has 0 aliphatic heterocycles. The van der Waals surface area contributed by atoms with Crippen LogP contribution in [0.3, 0.4) is 0 Å². The van der Waals surface area contributed by atoms with Gasteiger partial charge in [0.05, 0.1) is 11.3 Å². The zero-order valence-electron chi connectivity index (χ0n) is 14.1. The fourth-order valence-corrected chi connectivity index (χ4v) is 3.46. The molecule has 2 N–H and O–H groups in total. The van der Waals surface area contributed by atoms with Crippen LogP contribution in [0.5, 0.6) is 0 Å². The van der Waals surface area contributed by atoms with Gasteiger partial charge in [-0.15, -0.1) is 0 Å². The number of aromatic nitrogens is 1. The molecule has 0 atom stereocenters. The number of rotatable bonds is 3. The standard InChI is InChI=1S/C19H21N5/c1-13-8-15(9-16(10-20)19(23)17(11-21)12-22)14(2)24(13)18-6-4-3-5-7-18/h8-9,18H,3-7,23H2,1-2H3/b16-9-. The summed E-state index contributed by atoms with van der Waals surface area (Å²) in [4.78, 5) is 0. The normalized spacial score (nSPS) is 15.2. The van der Waals surface area contributed by atoms with Gasteiger partial charge in [-0.2, -0.15) is 15.8 Å². The summed E-state index contributed by atoms with van der Waals surface area (Å²) in [5, 5.41) is 27.2. The van der Waals surface area contributed by atoms with Gasteiger partial charge in [0.25, 0.3) is 0 Å². The van der Waals surface area contributed by atoms with Gasteiger partial charge < -0.3 is 10.3 Å². The highest BCUT2D eigenvalue weighted by Gasteiger charge is 2.20. The van der Waals surface area contributed by atoms with Crippen LogP contribution in [-0.2, 0) is 0 Å². The van der Waals surface area contributed by atoms with Gasteiger partial charge in [0.15, 0.2) is 5.57 Å². The van der Waals surface area contributed by atoms with Crippen LogP contribution in [0.1, 0.15) is 55.1 Å². The van der Waals surface area contributed by atoms with Crippen molar-refractivity contribution in [3.05, 3.63) is 39.9 Å². The van der Waals surface area contributed by atoms with E-state index in [-0.39, 0.29) is 16.8 Å². The Morgan fingerprint density at radius 3 is 2.29 bits per heavy atom. The van der Waals surface area contributed by atoms with E-state index in [1.807, 2.05) is 19.1 Å². The van der Waals surface area contributed by atoms with Crippen LogP contribution >= 0.6 is 0 Å². The van der Waals surface area contributed by atoms with Gasteiger partial charge in [0, 0.05) is 17.4 Å². The Balaban J connectivity index is 2.47. The number of hydrogen-bond donors (Lipinski definition) is 1. The van der Waals surface area contributed by atoms with Crippen LogP contribution in [0.25, 0.3) is 6.08 Å². The van der Waals surface area contributed by atoms with E-state index in [0.717, 1.165) is 17.0 Å². The Labute approximate surface area is 142 Å². The fraction of sp³-hybridized carbons (Fsp3) is 0.421. The molecule has 1 heterocycles. The summed E-state index contributed by atoms with van der Waals surface area (Å²) in [7, 11) is 0. The summed E-state index contributed by atoms with van der Waals surface area (Å²) in [6.45, 7) is 4.11. The average Bonchev–Trinajstić information content (AvgIpc) is 2.88. The van der Waals surface area contributed by atoms with Gasteiger partial charge in [0.1, 0.15) is 18.2 Å². The lowest BCUT2D eigenvalue weighted by Crippen LogP contribution is -2.15. The van der Waals surface area contributed by atoms with E-state index in [9.17, 15) is 5.26 Å². The van der Waals surface area contributed by atoms with Crippen LogP contribution in [0.2, 0.25) is 0 Å². The summed E-state index contributed by atoms with van der Waals surface area (Å²) in [5.74, 6) is 0. The first-order chi connectivity index (χ1) is 11.5. The smallest absolute Gasteiger partial charge is 0.153 e. The second-order valence-corrected chi connectivity index (χ2v) is 6.17. The van der Waals surface area contributed by atoms with Crippen LogP contribution in [0, 0.1) is 47.8 Å². The predicted molar refractivity (Wildman–Crippen MR) is 92.1 cm³/mol. The van der Waals surface area contributed by atoms with Gasteiger partial charge in [-0.1, -0.05) is 19.3 Å². The third-order valence-corrected chi connectivity index (χ3v) is 4.67. The number of nitrogens with two attached hydrogens (primary N) is 1. The van der Waals surface area contributed by atoms with E-state index in [4.69, 9.17) is 16.3 Å². The Morgan fingerprint density at radius 1 is 1.12 bits per heavy atom. The van der Waals surface area contributed by atoms with Crippen molar-refractivity contribution < 1.29 is 0 Å². The molecule has 0 unspecified atom stereocenters. The van der Waals surface area contributed by atoms with Crippen molar-refractivity contribution in [2.45, 2.75) is 52.0 Å². The monoisotopic (exact) mass is 319 g/mol. The second-order valence-electron chi connectivity index (χ2n) is 6.17. The molecule has 1 aliphatic carbocycles. The molecule has 0 bridgehead atoms. The van der Waals surface area contributed by atoms with E-state index in [1.165, 1.54) is 32.1 Å². The summed E-state index contributed by atoms with van der Waals surface area (Å²) < 4.78 is 2.34. The average molecular weight is 319 g/mol. The van der Waals surface area contributed by atoms with E-state index in [0.29, 0.717) is 6.04 Å². The van der Waals surface area contributed by atoms with Crippen molar-refractivity contribution in [2.24, 2.45) is 5.73 Å². The molecule has 5 heteroatoms. The van der Waals surface area contributed by atoms with Crippen molar-refractivity contribution in [1.82, 2.24) is 4.57 Å². The van der Waals surface area contributed by atoms with Gasteiger partial charge in [-0.05, 0) is 44.4 Å². The lowest BCUT2D eigenvalue weighted by atomic mass is 9.95. The summed E-state index contributed by atoms with van der Waals surface area (Å²) in [6.07, 6.45) is 7.83. The minimum Gasteiger partial charge on any atom is -0.396 e. The topological polar surface area (TPSA) is 102 Å². The van der Waals surface area contributed by atoms with Crippen LogP contribution in [-0.4, -0.2) is 4.57 Å². The second kappa shape index (κ2) is 7.53. The first kappa shape index (κ1) is 17.4. The minimum atomic E-state index is -0.233. The molecule has 1 aromatic heterocycles. The Bertz CT molecular complexity index is 796. The highest BCUT2D eigenvalue weighted by molar-refractivity contribution is 5.67. The van der Waals surface area contributed by atoms with Crippen LogP contribution in [0.15, 0.2) is 22.9 Å². The third-order valence-electron chi connectivity index (χ3n) is 4.67. The molecular weight excluding hydrogens is 298 g/mol. The van der Waals surface area contributed by atoms with Crippen LogP contribution in [0.4, 0.5) is 0 Å². The maximum atomic E-state index is 9.36. The molecule has 1 aromatic rings. The molecule has 122 valence electrons. The highest BCUT2D eigenvalue weighted by Crippen LogP contribution is 2.32. The van der Waals surface area contributed by atoms with Gasteiger partial charge in [-0.25, -0.2) is 0 Å². The lowest BCUT2D eigenvalue weighted by Gasteiger charge is -2.26. The zero-order chi connectivity index (χ0) is 17.7. The number of hydrogen-bond acceptors (Lipinski definition) is 4. The molecule has 0 radical (unpaired) electrons. The molecule has 0 spiro atoms. The Morgan fingerprint density at radius 2 is 1.75 bits per heavy atom. The van der Waals surface area contributed by atoms with E-state index in [2.05, 4.69) is 11.5 Å². The first-order valence-corrected chi connectivity index (χ1v) is 8.14. The zero-order valence-corrected chi connectivity index (χ0v) is 14.1. The van der Waals surface area contributed by atoms with Crippen LogP contribution < -0.4 is 5.73 Å². The molecule has 5 nitrogen and oxygen atoms in total. The molecule has 2 rings (SSSR count). The number of aryl methyl sites for hydroxylation is 1. The quantitative estimate of drug-likeness (QED) is 0.676. The maximum Gasteiger partial charge on any atom is 0.153 e. The summed E-state index contributed by atoms with van der Waals surface area (Å²) in [5.41, 5.74) is 8.83. The highest BCUT2D eigenvalue weighted by atomic mass is 15.0. The van der Waals surface area contributed by atoms with Crippen molar-refractivity contribution in [3.8, 4) is 18.2 Å². The molecule has 1 saturated carbocycles. The maximum absolute atomic E-state index is 9.36. The fourth-order valence-electron chi connectivity index (χ4n) is 3.46. The predicted octanol–water partition coefficient (Wildman–Crippen LogP) is 3.78.